The molecule has 0 aromatic carbocycles. The van der Waals surface area contributed by atoms with Crippen molar-refractivity contribution in [1.82, 2.24) is 10.6 Å². The van der Waals surface area contributed by atoms with Crippen LogP contribution in [0.5, 0.6) is 0 Å². The van der Waals surface area contributed by atoms with Gasteiger partial charge in [-0.15, -0.1) is 0 Å². The molecule has 0 spiro atoms. The van der Waals surface area contributed by atoms with Gasteiger partial charge in [0, 0.05) is 18.6 Å². The van der Waals surface area contributed by atoms with Gasteiger partial charge in [-0.05, 0) is 31.6 Å². The SMILES string of the molecule is CC(NC(=O)C(C)(C)C)C(=O)NCC1CCCC1CO. The van der Waals surface area contributed by atoms with Gasteiger partial charge in [-0.3, -0.25) is 9.59 Å². The largest absolute Gasteiger partial charge is 0.396 e. The molecule has 1 aliphatic carbocycles. The lowest BCUT2D eigenvalue weighted by atomic mass is 9.95. The van der Waals surface area contributed by atoms with Crippen LogP contribution in [0.15, 0.2) is 0 Å². The molecule has 0 bridgehead atoms. The summed E-state index contributed by atoms with van der Waals surface area (Å²) in [6.07, 6.45) is 3.20. The monoisotopic (exact) mass is 284 g/mol. The van der Waals surface area contributed by atoms with Gasteiger partial charge in [0.15, 0.2) is 0 Å². The summed E-state index contributed by atoms with van der Waals surface area (Å²) < 4.78 is 0. The van der Waals surface area contributed by atoms with E-state index >= 15 is 0 Å². The van der Waals surface area contributed by atoms with E-state index in [-0.39, 0.29) is 18.4 Å². The van der Waals surface area contributed by atoms with Crippen LogP contribution in [0.1, 0.15) is 47.0 Å². The second kappa shape index (κ2) is 7.07. The Labute approximate surface area is 121 Å². The first-order chi connectivity index (χ1) is 9.25. The molecule has 0 heterocycles. The molecule has 5 nitrogen and oxygen atoms in total. The van der Waals surface area contributed by atoms with E-state index in [0.717, 1.165) is 19.3 Å². The Morgan fingerprint density at radius 3 is 2.40 bits per heavy atom. The molecule has 1 rings (SSSR count). The molecule has 0 saturated heterocycles. The van der Waals surface area contributed by atoms with Crippen LogP contribution in [0.3, 0.4) is 0 Å². The van der Waals surface area contributed by atoms with Gasteiger partial charge < -0.3 is 15.7 Å². The fourth-order valence-corrected chi connectivity index (χ4v) is 2.49. The van der Waals surface area contributed by atoms with Gasteiger partial charge in [0.05, 0.1) is 0 Å². The maximum atomic E-state index is 12.0. The van der Waals surface area contributed by atoms with Crippen LogP contribution in [0.2, 0.25) is 0 Å². The first-order valence-corrected chi connectivity index (χ1v) is 7.45. The highest BCUT2D eigenvalue weighted by molar-refractivity contribution is 5.89. The number of nitrogens with one attached hydrogen (secondary N) is 2. The van der Waals surface area contributed by atoms with E-state index < -0.39 is 11.5 Å². The summed E-state index contributed by atoms with van der Waals surface area (Å²) in [4.78, 5) is 23.8. The molecule has 0 aromatic rings. The van der Waals surface area contributed by atoms with Crippen molar-refractivity contribution < 1.29 is 14.7 Å². The minimum Gasteiger partial charge on any atom is -0.396 e. The highest BCUT2D eigenvalue weighted by Gasteiger charge is 2.28. The molecule has 3 unspecified atom stereocenters. The summed E-state index contributed by atoms with van der Waals surface area (Å²) in [5.41, 5.74) is -0.498. The number of hydrogen-bond donors (Lipinski definition) is 3. The van der Waals surface area contributed by atoms with Crippen LogP contribution >= 0.6 is 0 Å². The van der Waals surface area contributed by atoms with Gasteiger partial charge >= 0.3 is 0 Å². The number of aliphatic hydroxyl groups excluding tert-OH is 1. The Kier molecular flexibility index (Phi) is 5.99. The highest BCUT2D eigenvalue weighted by atomic mass is 16.3. The number of hydrogen-bond acceptors (Lipinski definition) is 3. The van der Waals surface area contributed by atoms with Crippen molar-refractivity contribution in [2.24, 2.45) is 17.3 Å². The van der Waals surface area contributed by atoms with E-state index in [0.29, 0.717) is 18.4 Å². The predicted molar refractivity (Wildman–Crippen MR) is 78.0 cm³/mol. The minimum atomic E-state index is -0.532. The van der Waals surface area contributed by atoms with E-state index in [4.69, 9.17) is 0 Å². The van der Waals surface area contributed by atoms with Crippen LogP contribution in [0.4, 0.5) is 0 Å². The number of amides is 2. The van der Waals surface area contributed by atoms with Crippen molar-refractivity contribution >= 4 is 11.8 Å². The fourth-order valence-electron chi connectivity index (χ4n) is 2.49. The summed E-state index contributed by atoms with van der Waals surface area (Å²) >= 11 is 0. The lowest BCUT2D eigenvalue weighted by molar-refractivity contribution is -0.133. The molecule has 20 heavy (non-hydrogen) atoms. The Morgan fingerprint density at radius 1 is 1.25 bits per heavy atom. The average molecular weight is 284 g/mol. The molecule has 5 heteroatoms. The van der Waals surface area contributed by atoms with Crippen molar-refractivity contribution in [3.05, 3.63) is 0 Å². The summed E-state index contributed by atoms with van der Waals surface area (Å²) in [5, 5.41) is 14.9. The van der Waals surface area contributed by atoms with Gasteiger partial charge in [0.25, 0.3) is 0 Å². The first kappa shape index (κ1) is 17.0. The van der Waals surface area contributed by atoms with Crippen molar-refractivity contribution in [2.75, 3.05) is 13.2 Å². The Morgan fingerprint density at radius 2 is 1.85 bits per heavy atom. The maximum absolute atomic E-state index is 12.0. The molecule has 1 fully saturated rings. The van der Waals surface area contributed by atoms with Crippen LogP contribution in [-0.4, -0.2) is 36.1 Å². The summed E-state index contributed by atoms with van der Waals surface area (Å²) in [5.74, 6) is 0.365. The molecule has 0 radical (unpaired) electrons. The second-order valence-electron chi connectivity index (χ2n) is 6.82. The zero-order valence-electron chi connectivity index (χ0n) is 13.0. The number of rotatable bonds is 5. The fraction of sp³-hybridized carbons (Fsp3) is 0.867. The van der Waals surface area contributed by atoms with E-state index in [2.05, 4.69) is 10.6 Å². The maximum Gasteiger partial charge on any atom is 0.242 e. The van der Waals surface area contributed by atoms with Crippen LogP contribution in [0, 0.1) is 17.3 Å². The standard InChI is InChI=1S/C15H28N2O3/c1-10(17-14(20)15(2,3)4)13(19)16-8-11-6-5-7-12(11)9-18/h10-12,18H,5-9H2,1-4H3,(H,16,19)(H,17,20). The molecule has 3 N–H and O–H groups in total. The number of carbonyl (C=O) groups is 2. The van der Waals surface area contributed by atoms with Gasteiger partial charge in [0.2, 0.25) is 11.8 Å². The second-order valence-corrected chi connectivity index (χ2v) is 6.82. The van der Waals surface area contributed by atoms with Crippen LogP contribution in [0.25, 0.3) is 0 Å². The van der Waals surface area contributed by atoms with Gasteiger partial charge in [-0.2, -0.15) is 0 Å². The zero-order chi connectivity index (χ0) is 15.3. The van der Waals surface area contributed by atoms with E-state index in [1.54, 1.807) is 6.92 Å². The molecular weight excluding hydrogens is 256 g/mol. The molecule has 3 atom stereocenters. The first-order valence-electron chi connectivity index (χ1n) is 7.45. The topological polar surface area (TPSA) is 78.4 Å². The Balaban J connectivity index is 2.37. The predicted octanol–water partition coefficient (Wildman–Crippen LogP) is 1.06. The quantitative estimate of drug-likeness (QED) is 0.706. The zero-order valence-corrected chi connectivity index (χ0v) is 13.0. The third kappa shape index (κ3) is 4.78. The van der Waals surface area contributed by atoms with E-state index in [1.807, 2.05) is 20.8 Å². The van der Waals surface area contributed by atoms with Gasteiger partial charge in [0.1, 0.15) is 6.04 Å². The van der Waals surface area contributed by atoms with Crippen molar-refractivity contribution in [3.8, 4) is 0 Å². The van der Waals surface area contributed by atoms with E-state index in [1.165, 1.54) is 0 Å². The Hall–Kier alpha value is -1.10. The van der Waals surface area contributed by atoms with Crippen molar-refractivity contribution in [2.45, 2.75) is 53.0 Å². The van der Waals surface area contributed by atoms with Crippen LogP contribution < -0.4 is 10.6 Å². The molecule has 0 aromatic heterocycles. The molecule has 1 aliphatic rings. The summed E-state index contributed by atoms with van der Waals surface area (Å²) in [7, 11) is 0. The number of aliphatic hydroxyl groups is 1. The average Bonchev–Trinajstić information content (AvgIpc) is 2.81. The number of carbonyl (C=O) groups excluding carboxylic acids is 2. The third-order valence-corrected chi connectivity index (χ3v) is 4.01. The molecule has 0 aliphatic heterocycles. The Bertz CT molecular complexity index is 350. The van der Waals surface area contributed by atoms with Gasteiger partial charge in [-0.25, -0.2) is 0 Å². The van der Waals surface area contributed by atoms with E-state index in [9.17, 15) is 14.7 Å². The normalized spacial score (nSPS) is 24.2. The summed E-state index contributed by atoms with van der Waals surface area (Å²) in [6.45, 7) is 7.92. The van der Waals surface area contributed by atoms with Crippen molar-refractivity contribution in [3.63, 3.8) is 0 Å². The summed E-state index contributed by atoms with van der Waals surface area (Å²) in [6, 6.07) is -0.532. The third-order valence-electron chi connectivity index (χ3n) is 4.01. The molecule has 2 amide bonds. The minimum absolute atomic E-state index is 0.130. The lowest BCUT2D eigenvalue weighted by Gasteiger charge is -2.23. The molecule has 116 valence electrons. The molecular formula is C15H28N2O3. The van der Waals surface area contributed by atoms with Crippen LogP contribution in [-0.2, 0) is 9.59 Å². The smallest absolute Gasteiger partial charge is 0.242 e. The highest BCUT2D eigenvalue weighted by Crippen LogP contribution is 2.30. The molecule has 1 saturated carbocycles. The lowest BCUT2D eigenvalue weighted by Crippen LogP contribution is -2.49. The van der Waals surface area contributed by atoms with Gasteiger partial charge in [-0.1, -0.05) is 27.2 Å². The van der Waals surface area contributed by atoms with Crippen molar-refractivity contribution in [1.29, 1.82) is 0 Å².